The summed E-state index contributed by atoms with van der Waals surface area (Å²) in [5.41, 5.74) is 1.29. The van der Waals surface area contributed by atoms with Crippen molar-refractivity contribution in [2.75, 3.05) is 0 Å². The van der Waals surface area contributed by atoms with Crippen LogP contribution in [0.15, 0.2) is 12.1 Å². The van der Waals surface area contributed by atoms with E-state index in [9.17, 15) is 0 Å². The van der Waals surface area contributed by atoms with Crippen molar-refractivity contribution in [2.24, 2.45) is 0 Å². The molecule has 1 aromatic rings. The van der Waals surface area contributed by atoms with Gasteiger partial charge in [0.1, 0.15) is 0 Å². The molecule has 0 fully saturated rings. The number of ether oxygens (including phenoxy) is 1. The molecule has 0 N–H and O–H groups in total. The van der Waals surface area contributed by atoms with Gasteiger partial charge in [-0.15, -0.1) is 0 Å². The van der Waals surface area contributed by atoms with Crippen LogP contribution in [-0.4, -0.2) is 6.10 Å². The summed E-state index contributed by atoms with van der Waals surface area (Å²) < 4.78 is 9.49. The van der Waals surface area contributed by atoms with Crippen molar-refractivity contribution in [2.45, 2.75) is 26.6 Å². The fraction of sp³-hybridized carbons (Fsp3) is 0.400. The maximum absolute atomic E-state index is 5.61. The monoisotopic (exact) mass is 528 g/mol. The highest BCUT2D eigenvalue weighted by molar-refractivity contribution is 14.1. The van der Waals surface area contributed by atoms with E-state index in [4.69, 9.17) is 4.74 Å². The topological polar surface area (TPSA) is 9.23 Å². The molecule has 0 saturated heterocycles. The van der Waals surface area contributed by atoms with Crippen LogP contribution >= 0.6 is 67.8 Å². The molecule has 0 amide bonds. The Bertz CT molecular complexity index is 323. The lowest BCUT2D eigenvalue weighted by Crippen LogP contribution is -2.04. The van der Waals surface area contributed by atoms with Gasteiger partial charge in [-0.2, -0.15) is 0 Å². The van der Waals surface area contributed by atoms with Crippen molar-refractivity contribution >= 4 is 67.8 Å². The molecule has 0 bridgehead atoms. The largest absolute Gasteiger partial charge is 0.374 e. The second-order valence-electron chi connectivity index (χ2n) is 3.22. The third-order valence-corrected chi connectivity index (χ3v) is 5.42. The highest BCUT2D eigenvalue weighted by Crippen LogP contribution is 2.23. The molecular formula is C10H11I3O. The van der Waals surface area contributed by atoms with E-state index in [2.05, 4.69) is 93.8 Å². The van der Waals surface area contributed by atoms with Crippen LogP contribution in [0.5, 0.6) is 0 Å². The fourth-order valence-electron chi connectivity index (χ4n) is 0.971. The van der Waals surface area contributed by atoms with Gasteiger partial charge in [-0.1, -0.05) is 0 Å². The Morgan fingerprint density at radius 2 is 1.86 bits per heavy atom. The number of hydrogen-bond donors (Lipinski definition) is 0. The number of hydrogen-bond acceptors (Lipinski definition) is 1. The van der Waals surface area contributed by atoms with Gasteiger partial charge in [0.25, 0.3) is 0 Å². The first-order valence-corrected chi connectivity index (χ1v) is 7.49. The third kappa shape index (κ3) is 4.09. The van der Waals surface area contributed by atoms with Gasteiger partial charge in [0.15, 0.2) is 0 Å². The summed E-state index contributed by atoms with van der Waals surface area (Å²) in [6.07, 6.45) is 0.293. The Labute approximate surface area is 126 Å². The molecule has 0 unspecified atom stereocenters. The molecule has 1 rings (SSSR count). The molecule has 0 aliphatic rings. The maximum Gasteiger partial charge on any atom is 0.0731 e. The fourth-order valence-corrected chi connectivity index (χ4v) is 3.40. The lowest BCUT2D eigenvalue weighted by Gasteiger charge is -2.10. The lowest BCUT2D eigenvalue weighted by atomic mass is 10.2. The zero-order valence-electron chi connectivity index (χ0n) is 7.98. The average molecular weight is 528 g/mol. The van der Waals surface area contributed by atoms with Gasteiger partial charge >= 0.3 is 0 Å². The SMILES string of the molecule is CC(C)OCc1cc(I)cc(I)c1I. The lowest BCUT2D eigenvalue weighted by molar-refractivity contribution is 0.0652. The van der Waals surface area contributed by atoms with Crippen LogP contribution in [-0.2, 0) is 11.3 Å². The van der Waals surface area contributed by atoms with Crippen LogP contribution < -0.4 is 0 Å². The molecule has 0 aliphatic carbocycles. The highest BCUT2D eigenvalue weighted by Gasteiger charge is 2.06. The van der Waals surface area contributed by atoms with E-state index in [-0.39, 0.29) is 0 Å². The molecule has 0 heterocycles. The van der Waals surface area contributed by atoms with Crippen LogP contribution in [0.25, 0.3) is 0 Å². The summed E-state index contributed by atoms with van der Waals surface area (Å²) in [5.74, 6) is 0. The van der Waals surface area contributed by atoms with Crippen molar-refractivity contribution < 1.29 is 4.74 Å². The first-order valence-electron chi connectivity index (χ1n) is 4.25. The van der Waals surface area contributed by atoms with Gasteiger partial charge in [0.2, 0.25) is 0 Å². The van der Waals surface area contributed by atoms with Crippen molar-refractivity contribution in [3.8, 4) is 0 Å². The van der Waals surface area contributed by atoms with Crippen LogP contribution in [0.1, 0.15) is 19.4 Å². The van der Waals surface area contributed by atoms with Crippen LogP contribution in [0.4, 0.5) is 0 Å². The Morgan fingerprint density at radius 1 is 1.21 bits per heavy atom. The predicted molar refractivity (Wildman–Crippen MR) is 84.5 cm³/mol. The summed E-state index contributed by atoms with van der Waals surface area (Å²) >= 11 is 7.08. The zero-order chi connectivity index (χ0) is 10.7. The van der Waals surface area contributed by atoms with Crippen molar-refractivity contribution in [1.82, 2.24) is 0 Å². The average Bonchev–Trinajstić information content (AvgIpc) is 2.08. The van der Waals surface area contributed by atoms with Gasteiger partial charge in [-0.05, 0) is 99.3 Å². The number of benzene rings is 1. The Hall–Kier alpha value is 1.37. The molecule has 0 aliphatic heterocycles. The summed E-state index contributed by atoms with van der Waals surface area (Å²) in [7, 11) is 0. The predicted octanol–water partition coefficient (Wildman–Crippen LogP) is 4.43. The van der Waals surface area contributed by atoms with Gasteiger partial charge in [-0.25, -0.2) is 0 Å². The van der Waals surface area contributed by atoms with Crippen LogP contribution in [0, 0.1) is 10.7 Å². The molecule has 0 atom stereocenters. The first-order chi connectivity index (χ1) is 6.50. The second-order valence-corrected chi connectivity index (χ2v) is 6.71. The summed E-state index contributed by atoms with van der Waals surface area (Å²) in [4.78, 5) is 0. The number of rotatable bonds is 3. The van der Waals surface area contributed by atoms with Crippen molar-refractivity contribution in [3.63, 3.8) is 0 Å². The maximum atomic E-state index is 5.61. The molecule has 1 nitrogen and oxygen atoms in total. The van der Waals surface area contributed by atoms with Crippen molar-refractivity contribution in [3.05, 3.63) is 28.4 Å². The molecular weight excluding hydrogens is 517 g/mol. The van der Waals surface area contributed by atoms with Gasteiger partial charge < -0.3 is 4.74 Å². The Balaban J connectivity index is 2.85. The molecule has 14 heavy (non-hydrogen) atoms. The molecule has 78 valence electrons. The highest BCUT2D eigenvalue weighted by atomic mass is 127. The molecule has 0 saturated carbocycles. The number of halogens is 3. The van der Waals surface area contributed by atoms with E-state index in [0.29, 0.717) is 12.7 Å². The van der Waals surface area contributed by atoms with Crippen molar-refractivity contribution in [1.29, 1.82) is 0 Å². The van der Waals surface area contributed by atoms with E-state index in [0.717, 1.165) is 0 Å². The van der Waals surface area contributed by atoms with E-state index in [1.165, 1.54) is 16.3 Å². The van der Waals surface area contributed by atoms with E-state index in [1.807, 2.05) is 0 Å². The summed E-state index contributed by atoms with van der Waals surface area (Å²) in [5, 5.41) is 0. The van der Waals surface area contributed by atoms with Crippen LogP contribution in [0.2, 0.25) is 0 Å². The Morgan fingerprint density at radius 3 is 2.43 bits per heavy atom. The molecule has 0 aromatic heterocycles. The normalized spacial score (nSPS) is 11.0. The molecule has 0 radical (unpaired) electrons. The molecule has 0 spiro atoms. The minimum Gasteiger partial charge on any atom is -0.374 e. The second kappa shape index (κ2) is 6.19. The van der Waals surface area contributed by atoms with Crippen LogP contribution in [0.3, 0.4) is 0 Å². The minimum absolute atomic E-state index is 0.293. The van der Waals surface area contributed by atoms with E-state index in [1.54, 1.807) is 0 Å². The van der Waals surface area contributed by atoms with Gasteiger partial charge in [-0.3, -0.25) is 0 Å². The van der Waals surface area contributed by atoms with E-state index >= 15 is 0 Å². The Kier molecular flexibility index (Phi) is 5.94. The van der Waals surface area contributed by atoms with Gasteiger partial charge in [0.05, 0.1) is 12.7 Å². The smallest absolute Gasteiger partial charge is 0.0731 e. The third-order valence-electron chi connectivity index (χ3n) is 1.64. The standard InChI is InChI=1S/C10H11I3O/c1-6(2)14-5-7-3-8(11)4-9(12)10(7)13/h3-4,6H,5H2,1-2H3. The molecule has 4 heteroatoms. The quantitative estimate of drug-likeness (QED) is 0.418. The van der Waals surface area contributed by atoms with E-state index < -0.39 is 0 Å². The van der Waals surface area contributed by atoms with Gasteiger partial charge in [0, 0.05) is 10.7 Å². The first kappa shape index (κ1) is 13.4. The summed E-state index contributed by atoms with van der Waals surface area (Å²) in [6.45, 7) is 4.83. The zero-order valence-corrected chi connectivity index (χ0v) is 14.5. The minimum atomic E-state index is 0.293. The molecule has 1 aromatic carbocycles. The summed E-state index contributed by atoms with van der Waals surface area (Å²) in [6, 6.07) is 4.37.